The van der Waals surface area contributed by atoms with Gasteiger partial charge in [0.15, 0.2) is 0 Å². The Labute approximate surface area is 46.8 Å². The Morgan fingerprint density at radius 3 is 2.86 bits per heavy atom. The molecule has 0 aromatic heterocycles. The van der Waals surface area contributed by atoms with Gasteiger partial charge in [0.05, 0.1) is 2.74 Å². The number of aldehydes is 1. The Morgan fingerprint density at radius 2 is 2.43 bits per heavy atom. The van der Waals surface area contributed by atoms with Crippen LogP contribution in [0.4, 0.5) is 0 Å². The fraction of sp³-hybridized carbons (Fsp3) is 0.500. The van der Waals surface area contributed by atoms with Crippen LogP contribution >= 0.6 is 0 Å². The van der Waals surface area contributed by atoms with Gasteiger partial charge in [0, 0.05) is 6.42 Å². The molecule has 0 saturated heterocycles. The summed E-state index contributed by atoms with van der Waals surface area (Å²) in [6, 6.07) is 0.384. The molecule has 40 valence electrons. The number of carbonyl (C=O) groups is 1. The molecule has 1 nitrogen and oxygen atoms in total. The van der Waals surface area contributed by atoms with E-state index in [9.17, 15) is 4.79 Å². The molecular weight excluding hydrogens is 88.1 g/mol. The minimum absolute atomic E-state index is 0.0761. The standard InChI is InChI=1S/C6H10O/c1-2-3-4-5-6-7/h3-4,6H,2,5H2,1H3/b4-3-/i3D,4D. The van der Waals surface area contributed by atoms with E-state index in [1.165, 1.54) is 0 Å². The highest BCUT2D eigenvalue weighted by molar-refractivity contribution is 5.51. The lowest BCUT2D eigenvalue weighted by molar-refractivity contribution is -0.107. The molecule has 0 rings (SSSR count). The summed E-state index contributed by atoms with van der Waals surface area (Å²) in [6.45, 7) is 1.79. The summed E-state index contributed by atoms with van der Waals surface area (Å²) >= 11 is 0. The van der Waals surface area contributed by atoms with Crippen molar-refractivity contribution < 1.29 is 7.54 Å². The molecule has 1 heteroatoms. The van der Waals surface area contributed by atoms with E-state index in [0.29, 0.717) is 12.7 Å². The van der Waals surface area contributed by atoms with Crippen molar-refractivity contribution in [1.29, 1.82) is 0 Å². The molecule has 0 spiro atoms. The first-order valence-electron chi connectivity index (χ1n) is 3.31. The SMILES string of the molecule is [2H]/C(CC)=C(\[2H])CC=O. The minimum Gasteiger partial charge on any atom is -0.303 e. The van der Waals surface area contributed by atoms with Crippen molar-refractivity contribution in [3.05, 3.63) is 12.1 Å². The van der Waals surface area contributed by atoms with Gasteiger partial charge in [-0.15, -0.1) is 0 Å². The largest absolute Gasteiger partial charge is 0.303 e. The predicted octanol–water partition coefficient (Wildman–Crippen LogP) is 1.54. The van der Waals surface area contributed by atoms with Crippen molar-refractivity contribution in [3.8, 4) is 0 Å². The lowest BCUT2D eigenvalue weighted by atomic mass is 10.3. The van der Waals surface area contributed by atoms with Crippen molar-refractivity contribution in [2.45, 2.75) is 19.8 Å². The van der Waals surface area contributed by atoms with Crippen molar-refractivity contribution in [2.24, 2.45) is 0 Å². The van der Waals surface area contributed by atoms with E-state index in [1.54, 1.807) is 6.92 Å². The molecule has 0 amide bonds. The van der Waals surface area contributed by atoms with Gasteiger partial charge in [0.25, 0.3) is 0 Å². The zero-order valence-corrected chi connectivity index (χ0v) is 4.40. The zero-order valence-electron chi connectivity index (χ0n) is 6.40. The fourth-order valence-corrected chi connectivity index (χ4v) is 0.239. The van der Waals surface area contributed by atoms with Gasteiger partial charge >= 0.3 is 0 Å². The lowest BCUT2D eigenvalue weighted by Gasteiger charge is -1.72. The average molecular weight is 100 g/mol. The smallest absolute Gasteiger partial charge is 0.123 e. The van der Waals surface area contributed by atoms with Crippen LogP contribution in [0.25, 0.3) is 0 Å². The first-order chi connectivity index (χ1) is 4.22. The molecule has 0 aliphatic heterocycles. The highest BCUT2D eigenvalue weighted by Crippen LogP contribution is 1.80. The second-order valence-electron chi connectivity index (χ2n) is 1.08. The van der Waals surface area contributed by atoms with E-state index >= 15 is 0 Å². The van der Waals surface area contributed by atoms with Gasteiger partial charge in [-0.05, 0) is 6.42 Å². The van der Waals surface area contributed by atoms with Gasteiger partial charge in [-0.2, -0.15) is 0 Å². The molecule has 0 saturated carbocycles. The molecule has 7 heavy (non-hydrogen) atoms. The summed E-state index contributed by atoms with van der Waals surface area (Å²) in [5.74, 6) is 0. The maximum absolute atomic E-state index is 9.80. The van der Waals surface area contributed by atoms with E-state index in [4.69, 9.17) is 2.74 Å². The molecule has 0 fully saturated rings. The highest BCUT2D eigenvalue weighted by Gasteiger charge is 1.67. The van der Waals surface area contributed by atoms with Crippen LogP contribution in [0.15, 0.2) is 12.1 Å². The van der Waals surface area contributed by atoms with Crippen LogP contribution in [-0.2, 0) is 4.79 Å². The monoisotopic (exact) mass is 100 g/mol. The number of hydrogen-bond acceptors (Lipinski definition) is 1. The third-order valence-corrected chi connectivity index (χ3v) is 0.487. The Balaban J connectivity index is 3.92. The average Bonchev–Trinajstić information content (AvgIpc) is 1.87. The van der Waals surface area contributed by atoms with Crippen molar-refractivity contribution >= 4 is 6.29 Å². The molecule has 0 aliphatic carbocycles. The van der Waals surface area contributed by atoms with Gasteiger partial charge in [0.1, 0.15) is 6.29 Å². The molecule has 0 bridgehead atoms. The Bertz CT molecular complexity index is 129. The van der Waals surface area contributed by atoms with Crippen LogP contribution in [-0.4, -0.2) is 6.29 Å². The van der Waals surface area contributed by atoms with E-state index in [1.807, 2.05) is 0 Å². The zero-order chi connectivity index (χ0) is 7.28. The van der Waals surface area contributed by atoms with Gasteiger partial charge in [0.2, 0.25) is 0 Å². The fourth-order valence-electron chi connectivity index (χ4n) is 0.239. The van der Waals surface area contributed by atoms with Gasteiger partial charge in [-0.3, -0.25) is 0 Å². The van der Waals surface area contributed by atoms with E-state index in [0.717, 1.165) is 0 Å². The summed E-state index contributed by atoms with van der Waals surface area (Å²) in [6.07, 6.45) is 1.26. The van der Waals surface area contributed by atoms with Crippen molar-refractivity contribution in [2.75, 3.05) is 0 Å². The first-order valence-corrected chi connectivity index (χ1v) is 2.31. The van der Waals surface area contributed by atoms with Gasteiger partial charge in [-0.1, -0.05) is 19.0 Å². The summed E-state index contributed by atoms with van der Waals surface area (Å²) in [4.78, 5) is 9.80. The molecule has 0 aromatic carbocycles. The maximum atomic E-state index is 9.80. The maximum Gasteiger partial charge on any atom is 0.123 e. The number of hydrogen-bond donors (Lipinski definition) is 0. The molecule has 0 aromatic rings. The lowest BCUT2D eigenvalue weighted by Crippen LogP contribution is -1.63. The molecule has 0 atom stereocenters. The van der Waals surface area contributed by atoms with Crippen LogP contribution < -0.4 is 0 Å². The van der Waals surface area contributed by atoms with Crippen LogP contribution in [0, 0.1) is 0 Å². The second kappa shape index (κ2) is 5.41. The Morgan fingerprint density at radius 1 is 1.71 bits per heavy atom. The second-order valence-corrected chi connectivity index (χ2v) is 1.08. The molecule has 0 N–H and O–H groups in total. The van der Waals surface area contributed by atoms with Gasteiger partial charge in [-0.25, -0.2) is 0 Å². The third-order valence-electron chi connectivity index (χ3n) is 0.487. The number of rotatable bonds is 3. The molecule has 0 heterocycles. The summed E-state index contributed by atoms with van der Waals surface area (Å²) < 4.78 is 14.1. The Hall–Kier alpha value is -0.590. The van der Waals surface area contributed by atoms with Crippen molar-refractivity contribution in [3.63, 3.8) is 0 Å². The number of allylic oxidation sites excluding steroid dienone is 2. The van der Waals surface area contributed by atoms with Crippen LogP contribution in [0.5, 0.6) is 0 Å². The summed E-state index contributed by atoms with van der Waals surface area (Å²) in [5, 5.41) is 0. The molecule has 0 radical (unpaired) electrons. The van der Waals surface area contributed by atoms with Crippen LogP contribution in [0.2, 0.25) is 0 Å². The van der Waals surface area contributed by atoms with E-state index in [2.05, 4.69) is 0 Å². The molecule has 0 aliphatic rings. The molecule has 0 unspecified atom stereocenters. The minimum atomic E-state index is 0.0761. The third kappa shape index (κ3) is 5.41. The van der Waals surface area contributed by atoms with Crippen LogP contribution in [0.3, 0.4) is 0 Å². The van der Waals surface area contributed by atoms with Gasteiger partial charge < -0.3 is 4.79 Å². The number of carbonyl (C=O) groups excluding carboxylic acids is 1. The van der Waals surface area contributed by atoms with E-state index in [-0.39, 0.29) is 18.5 Å². The summed E-state index contributed by atoms with van der Waals surface area (Å²) in [7, 11) is 0. The normalized spacial score (nSPS) is 16.7. The first kappa shape index (κ1) is 3.42. The highest BCUT2D eigenvalue weighted by atomic mass is 16.1. The Kier molecular flexibility index (Phi) is 2.64. The topological polar surface area (TPSA) is 17.1 Å². The summed E-state index contributed by atoms with van der Waals surface area (Å²) in [5.41, 5.74) is 0. The van der Waals surface area contributed by atoms with Crippen molar-refractivity contribution in [1.82, 2.24) is 0 Å². The quantitative estimate of drug-likeness (QED) is 0.388. The van der Waals surface area contributed by atoms with Crippen LogP contribution in [0.1, 0.15) is 22.5 Å². The predicted molar refractivity (Wildman–Crippen MR) is 30.1 cm³/mol. The van der Waals surface area contributed by atoms with E-state index < -0.39 is 0 Å². The molecular formula is C6H10O.